The van der Waals surface area contributed by atoms with Gasteiger partial charge in [-0.3, -0.25) is 0 Å². The first kappa shape index (κ1) is 27.7. The highest BCUT2D eigenvalue weighted by molar-refractivity contribution is 6.98. The number of carbonyl (C=O) groups is 1. The van der Waals surface area contributed by atoms with Crippen molar-refractivity contribution >= 4 is 30.4 Å². The normalized spacial score (nSPS) is 18.0. The highest BCUT2D eigenvalue weighted by Crippen LogP contribution is 2.30. The molecule has 4 rings (SSSR count). The fourth-order valence-electron chi connectivity index (χ4n) is 5.06. The van der Waals surface area contributed by atoms with Crippen molar-refractivity contribution in [3.63, 3.8) is 0 Å². The number of urea groups is 1. The van der Waals surface area contributed by atoms with Crippen LogP contribution in [0, 0.1) is 0 Å². The van der Waals surface area contributed by atoms with E-state index in [4.69, 9.17) is 4.43 Å². The Labute approximate surface area is 221 Å². The molecule has 0 radical (unpaired) electrons. The molecule has 0 bridgehead atoms. The van der Waals surface area contributed by atoms with Crippen LogP contribution in [-0.2, 0) is 4.43 Å². The number of nitrogens with zero attached hydrogens (tertiary/aromatic N) is 1. The third-order valence-corrected chi connectivity index (χ3v) is 11.5. The monoisotopic (exact) mass is 544 g/mol. The first-order chi connectivity index (χ1) is 18.1. The fourth-order valence-corrected chi connectivity index (χ4v) is 9.34. The number of carbonyl (C=O) groups excluding carboxylic acids is 1. The highest BCUT2D eigenvalue weighted by atomic mass is 28.4. The minimum Gasteiger partial charge on any atom is -0.406 e. The second kappa shape index (κ2) is 11.6. The number of hydrogen-bond acceptors (Lipinski definition) is 4. The molecule has 2 amide bonds. The van der Waals surface area contributed by atoms with E-state index < -0.39 is 26.8 Å². The Balaban J connectivity index is 1.54. The van der Waals surface area contributed by atoms with Gasteiger partial charge in [-0.15, -0.1) is 13.2 Å². The van der Waals surface area contributed by atoms with Gasteiger partial charge in [-0.25, -0.2) is 4.79 Å². The SMILES string of the molecule is CC(C)[Si](OC1CC(CO)N(C(=O)Nc2ccc(OC(F)(F)F)cc2)C1)(c1ccccc1)c1ccccc1. The van der Waals surface area contributed by atoms with E-state index in [1.165, 1.54) is 17.0 Å². The summed E-state index contributed by atoms with van der Waals surface area (Å²) in [5, 5.41) is 15.0. The number of hydrogen-bond donors (Lipinski definition) is 2. The number of halogens is 3. The molecule has 1 heterocycles. The summed E-state index contributed by atoms with van der Waals surface area (Å²) in [5.74, 6) is -0.379. The molecule has 0 aliphatic carbocycles. The molecule has 38 heavy (non-hydrogen) atoms. The molecule has 2 atom stereocenters. The predicted molar refractivity (Wildman–Crippen MR) is 142 cm³/mol. The molecule has 1 fully saturated rings. The number of anilines is 1. The summed E-state index contributed by atoms with van der Waals surface area (Å²) in [5.41, 5.74) is 0.491. The van der Waals surface area contributed by atoms with Gasteiger partial charge in [0.25, 0.3) is 8.32 Å². The summed E-state index contributed by atoms with van der Waals surface area (Å²) in [6, 6.07) is 24.3. The van der Waals surface area contributed by atoms with E-state index in [2.05, 4.69) is 48.2 Å². The third kappa shape index (κ3) is 6.20. The molecule has 202 valence electrons. The van der Waals surface area contributed by atoms with Gasteiger partial charge in [0.15, 0.2) is 0 Å². The Morgan fingerprint density at radius 1 is 1.00 bits per heavy atom. The molecule has 3 aromatic carbocycles. The van der Waals surface area contributed by atoms with Crippen LogP contribution in [0.15, 0.2) is 84.9 Å². The van der Waals surface area contributed by atoms with Crippen LogP contribution in [-0.4, -0.2) is 56.0 Å². The molecule has 0 spiro atoms. The first-order valence-corrected chi connectivity index (χ1v) is 14.4. The lowest BCUT2D eigenvalue weighted by molar-refractivity contribution is -0.274. The van der Waals surface area contributed by atoms with Gasteiger partial charge in [-0.2, -0.15) is 0 Å². The maximum Gasteiger partial charge on any atom is 0.573 e. The number of nitrogens with one attached hydrogen (secondary N) is 1. The highest BCUT2D eigenvalue weighted by Gasteiger charge is 2.47. The largest absolute Gasteiger partial charge is 0.573 e. The van der Waals surface area contributed by atoms with E-state index in [1.54, 1.807) is 0 Å². The van der Waals surface area contributed by atoms with Crippen molar-refractivity contribution in [2.75, 3.05) is 18.5 Å². The zero-order valence-corrected chi connectivity index (χ0v) is 22.2. The molecule has 1 saturated heterocycles. The smallest absolute Gasteiger partial charge is 0.406 e. The number of benzene rings is 3. The summed E-state index contributed by atoms with van der Waals surface area (Å²) in [6.45, 7) is 4.34. The Kier molecular flexibility index (Phi) is 8.44. The van der Waals surface area contributed by atoms with Crippen LogP contribution in [0.4, 0.5) is 23.7 Å². The standard InChI is InChI=1S/C28H31F3N2O4Si/c1-20(2)38(25-9-5-3-6-10-25,26-11-7-4-8-12-26)37-24-17-22(19-34)33(18-24)27(35)32-21-13-15-23(16-14-21)36-28(29,30)31/h3-16,20,22,24,34H,17-19H2,1-2H3,(H,32,35). The average Bonchev–Trinajstić information content (AvgIpc) is 3.31. The second-order valence-electron chi connectivity index (χ2n) is 9.59. The molecule has 0 aromatic heterocycles. The lowest BCUT2D eigenvalue weighted by atomic mass is 10.2. The number of aliphatic hydroxyl groups excluding tert-OH is 1. The topological polar surface area (TPSA) is 71.0 Å². The van der Waals surface area contributed by atoms with Gasteiger partial charge >= 0.3 is 12.4 Å². The zero-order valence-electron chi connectivity index (χ0n) is 21.2. The molecule has 3 aromatic rings. The predicted octanol–water partition coefficient (Wildman–Crippen LogP) is 4.74. The first-order valence-electron chi connectivity index (χ1n) is 12.5. The van der Waals surface area contributed by atoms with Gasteiger partial charge in [0.1, 0.15) is 5.75 Å². The van der Waals surface area contributed by atoms with Crippen LogP contribution in [0.3, 0.4) is 0 Å². The van der Waals surface area contributed by atoms with E-state index in [9.17, 15) is 23.1 Å². The summed E-state index contributed by atoms with van der Waals surface area (Å²) in [4.78, 5) is 14.7. The summed E-state index contributed by atoms with van der Waals surface area (Å²) >= 11 is 0. The van der Waals surface area contributed by atoms with Crippen molar-refractivity contribution in [3.05, 3.63) is 84.9 Å². The number of ether oxygens (including phenoxy) is 1. The average molecular weight is 545 g/mol. The maximum absolute atomic E-state index is 13.1. The summed E-state index contributed by atoms with van der Waals surface area (Å²) in [6.07, 6.45) is -4.64. The van der Waals surface area contributed by atoms with Crippen molar-refractivity contribution in [2.24, 2.45) is 0 Å². The molecule has 0 saturated carbocycles. The Bertz CT molecular complexity index is 1150. The molecular formula is C28H31F3N2O4Si. The number of aliphatic hydroxyl groups is 1. The third-order valence-electron chi connectivity index (χ3n) is 6.76. The quantitative estimate of drug-likeness (QED) is 0.402. The zero-order chi connectivity index (χ0) is 27.3. The van der Waals surface area contributed by atoms with Crippen LogP contribution in [0.25, 0.3) is 0 Å². The van der Waals surface area contributed by atoms with Crippen molar-refractivity contribution in [3.8, 4) is 5.75 Å². The molecule has 1 aliphatic rings. The van der Waals surface area contributed by atoms with Crippen LogP contribution in [0.1, 0.15) is 20.3 Å². The number of alkyl halides is 3. The van der Waals surface area contributed by atoms with Crippen LogP contribution in [0.2, 0.25) is 5.54 Å². The number of likely N-dealkylation sites (tertiary alicyclic amines) is 1. The number of rotatable bonds is 8. The molecule has 10 heteroatoms. The van der Waals surface area contributed by atoms with Crippen molar-refractivity contribution < 1.29 is 32.2 Å². The number of amides is 2. The van der Waals surface area contributed by atoms with Crippen molar-refractivity contribution in [1.82, 2.24) is 4.90 Å². The van der Waals surface area contributed by atoms with E-state index in [0.29, 0.717) is 12.1 Å². The lowest BCUT2D eigenvalue weighted by Gasteiger charge is -2.38. The van der Waals surface area contributed by atoms with Gasteiger partial charge in [-0.05, 0) is 46.6 Å². The molecule has 2 unspecified atom stereocenters. The van der Waals surface area contributed by atoms with Crippen LogP contribution in [0.5, 0.6) is 5.75 Å². The van der Waals surface area contributed by atoms with Gasteiger partial charge < -0.3 is 24.5 Å². The lowest BCUT2D eigenvalue weighted by Crippen LogP contribution is -2.64. The fraction of sp³-hybridized carbons (Fsp3) is 0.321. The minimum absolute atomic E-state index is 0.181. The van der Waals surface area contributed by atoms with E-state index in [-0.39, 0.29) is 30.5 Å². The van der Waals surface area contributed by atoms with Gasteiger partial charge in [-0.1, -0.05) is 74.5 Å². The summed E-state index contributed by atoms with van der Waals surface area (Å²) in [7, 11) is -2.74. The molecule has 6 nitrogen and oxygen atoms in total. The maximum atomic E-state index is 13.1. The Hall–Kier alpha value is -3.34. The van der Waals surface area contributed by atoms with E-state index in [1.807, 2.05) is 36.4 Å². The Morgan fingerprint density at radius 2 is 1.55 bits per heavy atom. The van der Waals surface area contributed by atoms with Crippen LogP contribution < -0.4 is 20.4 Å². The van der Waals surface area contributed by atoms with Crippen molar-refractivity contribution in [2.45, 2.75) is 44.3 Å². The molecule has 1 aliphatic heterocycles. The van der Waals surface area contributed by atoms with Gasteiger partial charge in [0.2, 0.25) is 0 Å². The van der Waals surface area contributed by atoms with Crippen molar-refractivity contribution in [1.29, 1.82) is 0 Å². The van der Waals surface area contributed by atoms with Crippen LogP contribution >= 0.6 is 0 Å². The van der Waals surface area contributed by atoms with Gasteiger partial charge in [0, 0.05) is 12.2 Å². The molecule has 2 N–H and O–H groups in total. The summed E-state index contributed by atoms with van der Waals surface area (Å²) < 4.78 is 48.2. The minimum atomic E-state index is -4.79. The second-order valence-corrected chi connectivity index (χ2v) is 13.6. The van der Waals surface area contributed by atoms with E-state index in [0.717, 1.165) is 22.5 Å². The van der Waals surface area contributed by atoms with E-state index >= 15 is 0 Å². The Morgan fingerprint density at radius 3 is 2.03 bits per heavy atom. The molecular weight excluding hydrogens is 513 g/mol. The van der Waals surface area contributed by atoms with Gasteiger partial charge in [0.05, 0.1) is 18.8 Å².